The maximum atomic E-state index is 12.8. The summed E-state index contributed by atoms with van der Waals surface area (Å²) in [6.07, 6.45) is 0.374. The minimum Gasteiger partial charge on any atom is -0.506 e. The first kappa shape index (κ1) is 10.4. The lowest BCUT2D eigenvalue weighted by atomic mass is 10.1. The Morgan fingerprint density at radius 3 is 2.85 bits per heavy atom. The molecule has 0 saturated heterocycles. The molecule has 0 amide bonds. The number of nitrogens with two attached hydrogens (primary N) is 1. The summed E-state index contributed by atoms with van der Waals surface area (Å²) in [5.74, 6) is 4.44. The summed E-state index contributed by atoms with van der Waals surface area (Å²) < 4.78 is 13.2. The van der Waals surface area contributed by atoms with Crippen LogP contribution in [0.5, 0.6) is 5.75 Å². The van der Waals surface area contributed by atoms with E-state index in [9.17, 15) is 9.50 Å². The maximum absolute atomic E-state index is 12.8. The molecule has 0 atom stereocenters. The predicted octanol–water partition coefficient (Wildman–Crippen LogP) is 1.73. The van der Waals surface area contributed by atoms with E-state index in [0.29, 0.717) is 16.5 Å². The first-order valence-electron chi connectivity index (χ1n) is 3.63. The highest BCUT2D eigenvalue weighted by Crippen LogP contribution is 2.29. The van der Waals surface area contributed by atoms with Crippen molar-refractivity contribution in [1.29, 1.82) is 0 Å². The van der Waals surface area contributed by atoms with E-state index in [1.165, 1.54) is 12.1 Å². The Labute approximate surface area is 83.4 Å². The molecule has 0 fully saturated rings. The summed E-state index contributed by atoms with van der Waals surface area (Å²) in [7, 11) is 0. The van der Waals surface area contributed by atoms with Crippen LogP contribution in [0.25, 0.3) is 0 Å². The normalized spacial score (nSPS) is 10.4. The fraction of sp³-hybridized carbons (Fsp3) is 0.250. The summed E-state index contributed by atoms with van der Waals surface area (Å²) >= 11 is 3.03. The third-order valence-electron chi connectivity index (χ3n) is 1.60. The van der Waals surface area contributed by atoms with E-state index in [2.05, 4.69) is 20.8 Å². The average molecular weight is 250 g/mol. The van der Waals surface area contributed by atoms with E-state index in [-0.39, 0.29) is 12.4 Å². The van der Waals surface area contributed by atoms with Gasteiger partial charge in [0.25, 0.3) is 0 Å². The number of hydrogen-bond acceptors (Lipinski definition) is 3. The van der Waals surface area contributed by atoms with Gasteiger partial charge in [0.1, 0.15) is 11.6 Å². The molecule has 72 valence electrons. The number of phenols is 1. The van der Waals surface area contributed by atoms with E-state index in [1.807, 2.05) is 0 Å². The second-order valence-electron chi connectivity index (χ2n) is 2.52. The molecule has 3 N–H and O–H groups in total. The molecule has 0 aliphatic heterocycles. The fourth-order valence-electron chi connectivity index (χ4n) is 0.979. The van der Waals surface area contributed by atoms with E-state index >= 15 is 0 Å². The average Bonchev–Trinajstić information content (AvgIpc) is 2.09. The van der Waals surface area contributed by atoms with Crippen molar-refractivity contribution < 1.29 is 14.3 Å². The molecule has 0 aliphatic carbocycles. The fourth-order valence-corrected chi connectivity index (χ4v) is 1.45. The maximum Gasteiger partial charge on any atom is 0.133 e. The van der Waals surface area contributed by atoms with Crippen molar-refractivity contribution >= 4 is 15.9 Å². The Morgan fingerprint density at radius 2 is 2.23 bits per heavy atom. The summed E-state index contributed by atoms with van der Waals surface area (Å²) in [5, 5.41) is 9.44. The van der Waals surface area contributed by atoms with Crippen molar-refractivity contribution in [3.05, 3.63) is 28.0 Å². The van der Waals surface area contributed by atoms with Gasteiger partial charge >= 0.3 is 0 Å². The molecule has 0 spiro atoms. The van der Waals surface area contributed by atoms with Gasteiger partial charge in [0.15, 0.2) is 0 Å². The van der Waals surface area contributed by atoms with Crippen molar-refractivity contribution in [2.75, 3.05) is 6.61 Å². The largest absolute Gasteiger partial charge is 0.506 e. The van der Waals surface area contributed by atoms with Gasteiger partial charge in [0.2, 0.25) is 0 Å². The summed E-state index contributed by atoms with van der Waals surface area (Å²) in [6.45, 7) is 0.240. The Bertz CT molecular complexity index is 306. The highest BCUT2D eigenvalue weighted by Gasteiger charge is 2.07. The SMILES string of the molecule is NOCCc1cc(F)cc(Br)c1O. The van der Waals surface area contributed by atoms with Crippen molar-refractivity contribution in [2.24, 2.45) is 5.90 Å². The lowest BCUT2D eigenvalue weighted by Gasteiger charge is -2.05. The van der Waals surface area contributed by atoms with E-state index in [0.717, 1.165) is 0 Å². The van der Waals surface area contributed by atoms with Gasteiger partial charge in [0.05, 0.1) is 11.1 Å². The van der Waals surface area contributed by atoms with Crippen LogP contribution in [0.1, 0.15) is 5.56 Å². The third kappa shape index (κ3) is 2.65. The monoisotopic (exact) mass is 249 g/mol. The lowest BCUT2D eigenvalue weighted by molar-refractivity contribution is 0.140. The van der Waals surface area contributed by atoms with Gasteiger partial charge in [-0.1, -0.05) is 0 Å². The van der Waals surface area contributed by atoms with Crippen LogP contribution in [0.4, 0.5) is 4.39 Å². The number of phenolic OH excluding ortho intramolecular Hbond substituents is 1. The highest BCUT2D eigenvalue weighted by molar-refractivity contribution is 9.10. The van der Waals surface area contributed by atoms with Crippen LogP contribution in [0.2, 0.25) is 0 Å². The lowest BCUT2D eigenvalue weighted by Crippen LogP contribution is -2.04. The van der Waals surface area contributed by atoms with Crippen LogP contribution in [0.3, 0.4) is 0 Å². The first-order valence-corrected chi connectivity index (χ1v) is 4.43. The molecule has 1 aromatic rings. The van der Waals surface area contributed by atoms with Gasteiger partial charge in [-0.25, -0.2) is 10.3 Å². The molecule has 3 nitrogen and oxygen atoms in total. The molecule has 5 heteroatoms. The molecule has 0 aromatic heterocycles. The first-order chi connectivity index (χ1) is 6.15. The van der Waals surface area contributed by atoms with Gasteiger partial charge in [-0.05, 0) is 28.1 Å². The van der Waals surface area contributed by atoms with E-state index < -0.39 is 5.82 Å². The standard InChI is InChI=1S/C8H9BrFNO2/c9-7-4-6(10)3-5(8(7)12)1-2-13-11/h3-4,12H,1-2,11H2. The van der Waals surface area contributed by atoms with Crippen LogP contribution in [-0.4, -0.2) is 11.7 Å². The number of rotatable bonds is 3. The van der Waals surface area contributed by atoms with Crippen LogP contribution in [0, 0.1) is 5.82 Å². The number of aromatic hydroxyl groups is 1. The molecule has 0 heterocycles. The third-order valence-corrected chi connectivity index (χ3v) is 2.20. The van der Waals surface area contributed by atoms with Gasteiger partial charge in [-0.15, -0.1) is 0 Å². The molecule has 0 bridgehead atoms. The molecule has 1 aromatic carbocycles. The summed E-state index contributed by atoms with van der Waals surface area (Å²) in [5.41, 5.74) is 0.470. The van der Waals surface area contributed by atoms with Crippen molar-refractivity contribution in [3.8, 4) is 5.75 Å². The minimum absolute atomic E-state index is 0.0263. The second-order valence-corrected chi connectivity index (χ2v) is 3.37. The molecule has 1 rings (SSSR count). The van der Waals surface area contributed by atoms with Crippen LogP contribution in [0.15, 0.2) is 16.6 Å². The Hall–Kier alpha value is -0.650. The quantitative estimate of drug-likeness (QED) is 0.803. The molecule has 0 radical (unpaired) electrons. The number of halogens is 2. The molecular weight excluding hydrogens is 241 g/mol. The molecule has 0 aliphatic rings. The van der Waals surface area contributed by atoms with Crippen LogP contribution >= 0.6 is 15.9 Å². The zero-order valence-corrected chi connectivity index (χ0v) is 8.34. The van der Waals surface area contributed by atoms with Gasteiger partial charge in [-0.3, -0.25) is 0 Å². The second kappa shape index (κ2) is 4.55. The Kier molecular flexibility index (Phi) is 3.65. The number of hydrogen-bond donors (Lipinski definition) is 2. The minimum atomic E-state index is -0.406. The van der Waals surface area contributed by atoms with Crippen molar-refractivity contribution in [1.82, 2.24) is 0 Å². The predicted molar refractivity (Wildman–Crippen MR) is 49.6 cm³/mol. The zero-order chi connectivity index (χ0) is 9.84. The Balaban J connectivity index is 2.92. The van der Waals surface area contributed by atoms with Crippen molar-refractivity contribution in [2.45, 2.75) is 6.42 Å². The van der Waals surface area contributed by atoms with Crippen molar-refractivity contribution in [3.63, 3.8) is 0 Å². The number of benzene rings is 1. The van der Waals surface area contributed by atoms with Gasteiger partial charge in [-0.2, -0.15) is 0 Å². The topological polar surface area (TPSA) is 55.5 Å². The molecular formula is C8H9BrFNO2. The van der Waals surface area contributed by atoms with Gasteiger partial charge < -0.3 is 9.94 Å². The highest BCUT2D eigenvalue weighted by atomic mass is 79.9. The summed E-state index contributed by atoms with van der Waals surface area (Å²) in [4.78, 5) is 4.33. The van der Waals surface area contributed by atoms with Crippen LogP contribution in [-0.2, 0) is 11.3 Å². The molecule has 0 unspecified atom stereocenters. The smallest absolute Gasteiger partial charge is 0.133 e. The van der Waals surface area contributed by atoms with Gasteiger partial charge in [0, 0.05) is 12.0 Å². The van der Waals surface area contributed by atoms with Crippen LogP contribution < -0.4 is 5.90 Å². The summed E-state index contributed by atoms with van der Waals surface area (Å²) in [6, 6.07) is 2.45. The zero-order valence-electron chi connectivity index (χ0n) is 6.76. The van der Waals surface area contributed by atoms with E-state index in [1.54, 1.807) is 0 Å². The molecule has 0 saturated carbocycles. The molecule has 13 heavy (non-hydrogen) atoms. The van der Waals surface area contributed by atoms with E-state index in [4.69, 9.17) is 5.90 Å². The Morgan fingerprint density at radius 1 is 1.54 bits per heavy atom.